The molecule has 0 spiro atoms. The van der Waals surface area contributed by atoms with Crippen LogP contribution in [-0.2, 0) is 13.0 Å². The van der Waals surface area contributed by atoms with E-state index >= 15 is 0 Å². The van der Waals surface area contributed by atoms with E-state index in [1.54, 1.807) is 0 Å². The normalized spacial score (nSPS) is 11.5. The molecule has 146 valence electrons. The maximum absolute atomic E-state index is 9.24. The number of rotatable bonds is 13. The van der Waals surface area contributed by atoms with Crippen molar-refractivity contribution in [1.82, 2.24) is 9.55 Å². The number of nitrogens with zero attached hydrogens (tertiary/aromatic N) is 2. The Morgan fingerprint density at radius 3 is 2.15 bits per heavy atom. The number of unbranched alkanes of at least 4 members (excludes halogenated alkanes) is 7. The van der Waals surface area contributed by atoms with Gasteiger partial charge in [-0.15, -0.1) is 0 Å². The monoisotopic (exact) mass is 359 g/mol. The van der Waals surface area contributed by atoms with Crippen LogP contribution in [0.25, 0.3) is 11.0 Å². The van der Waals surface area contributed by atoms with Crippen molar-refractivity contribution in [2.24, 2.45) is 5.73 Å². The van der Waals surface area contributed by atoms with Crippen LogP contribution in [0, 0.1) is 13.8 Å². The van der Waals surface area contributed by atoms with Crippen molar-refractivity contribution in [1.29, 1.82) is 0 Å². The summed E-state index contributed by atoms with van der Waals surface area (Å²) < 4.78 is 2.32. The second-order valence-electron chi connectivity index (χ2n) is 7.55. The van der Waals surface area contributed by atoms with Crippen molar-refractivity contribution in [3.63, 3.8) is 0 Å². The summed E-state index contributed by atoms with van der Waals surface area (Å²) in [6.07, 6.45) is 12.1. The molecule has 4 nitrogen and oxygen atoms in total. The Morgan fingerprint density at radius 2 is 1.50 bits per heavy atom. The van der Waals surface area contributed by atoms with E-state index in [1.807, 2.05) is 0 Å². The summed E-state index contributed by atoms with van der Waals surface area (Å²) in [5.41, 5.74) is 10.5. The fourth-order valence-corrected chi connectivity index (χ4v) is 3.59. The topological polar surface area (TPSA) is 64.1 Å². The van der Waals surface area contributed by atoms with Gasteiger partial charge in [-0.05, 0) is 62.9 Å². The Hall–Kier alpha value is -1.39. The summed E-state index contributed by atoms with van der Waals surface area (Å²) in [7, 11) is 0. The van der Waals surface area contributed by atoms with Crippen molar-refractivity contribution in [2.45, 2.75) is 84.6 Å². The summed E-state index contributed by atoms with van der Waals surface area (Å²) >= 11 is 0. The molecule has 0 amide bonds. The first-order valence-corrected chi connectivity index (χ1v) is 10.4. The predicted octanol–water partition coefficient (Wildman–Crippen LogP) is 4.66. The maximum Gasteiger partial charge on any atom is 0.109 e. The number of fused-ring (bicyclic) bond motifs is 1. The third kappa shape index (κ3) is 6.10. The number of imidazole rings is 1. The molecule has 3 N–H and O–H groups in total. The smallest absolute Gasteiger partial charge is 0.109 e. The zero-order valence-corrected chi connectivity index (χ0v) is 16.8. The average molecular weight is 360 g/mol. The average Bonchev–Trinajstić information content (AvgIpc) is 2.95. The molecule has 0 aliphatic rings. The lowest BCUT2D eigenvalue weighted by Crippen LogP contribution is -2.06. The molecule has 1 heterocycles. The highest BCUT2D eigenvalue weighted by molar-refractivity contribution is 5.78. The van der Waals surface area contributed by atoms with E-state index in [4.69, 9.17) is 10.7 Å². The largest absolute Gasteiger partial charge is 0.396 e. The van der Waals surface area contributed by atoms with Gasteiger partial charge in [0.05, 0.1) is 11.0 Å². The number of aromatic nitrogens is 2. The molecule has 1 aromatic heterocycles. The minimum atomic E-state index is 0.230. The number of hydrogen-bond donors (Lipinski definition) is 2. The maximum atomic E-state index is 9.24. The Bertz CT molecular complexity index is 663. The van der Waals surface area contributed by atoms with E-state index in [0.717, 1.165) is 31.4 Å². The molecule has 26 heavy (non-hydrogen) atoms. The number of nitrogens with two attached hydrogens (primary N) is 1. The molecule has 0 atom stereocenters. The molecule has 4 heteroatoms. The molecule has 0 saturated carbocycles. The standard InChI is InChI=1S/C22H37N3O/c1-18-16-20-21(17-19(18)2)25(14-11-15-26)22(24-20)12-9-7-5-3-4-6-8-10-13-23/h16-17,26H,3-15,23H2,1-2H3. The summed E-state index contributed by atoms with van der Waals surface area (Å²) in [6.45, 7) is 6.22. The lowest BCUT2D eigenvalue weighted by Gasteiger charge is -2.09. The Morgan fingerprint density at radius 1 is 0.885 bits per heavy atom. The molecule has 0 aliphatic carbocycles. The molecule has 0 fully saturated rings. The van der Waals surface area contributed by atoms with Gasteiger partial charge in [0, 0.05) is 19.6 Å². The van der Waals surface area contributed by atoms with E-state index in [1.165, 1.54) is 73.8 Å². The van der Waals surface area contributed by atoms with Crippen LogP contribution in [0.15, 0.2) is 12.1 Å². The highest BCUT2D eigenvalue weighted by Gasteiger charge is 2.11. The number of hydrogen-bond acceptors (Lipinski definition) is 3. The van der Waals surface area contributed by atoms with Crippen molar-refractivity contribution >= 4 is 11.0 Å². The first-order valence-electron chi connectivity index (χ1n) is 10.4. The molecule has 2 aromatic rings. The van der Waals surface area contributed by atoms with E-state index in [9.17, 15) is 5.11 Å². The van der Waals surface area contributed by atoms with Crippen molar-refractivity contribution in [3.8, 4) is 0 Å². The zero-order chi connectivity index (χ0) is 18.8. The third-order valence-corrected chi connectivity index (χ3v) is 5.34. The van der Waals surface area contributed by atoms with Gasteiger partial charge in [0.25, 0.3) is 0 Å². The molecule has 0 aliphatic heterocycles. The van der Waals surface area contributed by atoms with Crippen LogP contribution < -0.4 is 5.73 Å². The van der Waals surface area contributed by atoms with E-state index in [0.29, 0.717) is 0 Å². The van der Waals surface area contributed by atoms with Crippen molar-refractivity contribution in [2.75, 3.05) is 13.2 Å². The third-order valence-electron chi connectivity index (χ3n) is 5.34. The minimum Gasteiger partial charge on any atom is -0.396 e. The molecule has 0 radical (unpaired) electrons. The summed E-state index contributed by atoms with van der Waals surface area (Å²) in [5.74, 6) is 1.18. The quantitative estimate of drug-likeness (QED) is 0.511. The fraction of sp³-hybridized carbons (Fsp3) is 0.682. The minimum absolute atomic E-state index is 0.230. The lowest BCUT2D eigenvalue weighted by molar-refractivity contribution is 0.279. The number of aliphatic hydroxyl groups is 1. The zero-order valence-electron chi connectivity index (χ0n) is 16.8. The number of benzene rings is 1. The fourth-order valence-electron chi connectivity index (χ4n) is 3.59. The number of aryl methyl sites for hydroxylation is 4. The first kappa shape index (κ1) is 20.9. The van der Waals surface area contributed by atoms with E-state index in [2.05, 4.69) is 30.5 Å². The summed E-state index contributed by atoms with van der Waals surface area (Å²) in [4.78, 5) is 4.90. The Balaban J connectivity index is 1.87. The van der Waals surface area contributed by atoms with Gasteiger partial charge in [0.15, 0.2) is 0 Å². The van der Waals surface area contributed by atoms with E-state index in [-0.39, 0.29) is 6.61 Å². The SMILES string of the molecule is Cc1cc2nc(CCCCCCCCCCN)n(CCCO)c2cc1C. The molecule has 2 rings (SSSR count). The molecular weight excluding hydrogens is 322 g/mol. The van der Waals surface area contributed by atoms with Crippen LogP contribution >= 0.6 is 0 Å². The van der Waals surface area contributed by atoms with Crippen LogP contribution in [0.1, 0.15) is 74.7 Å². The molecule has 0 saturated heterocycles. The summed E-state index contributed by atoms with van der Waals surface area (Å²) in [5, 5.41) is 9.24. The second kappa shape index (κ2) is 11.3. The molecule has 0 unspecified atom stereocenters. The molecular formula is C22H37N3O. The van der Waals surface area contributed by atoms with Crippen LogP contribution in [-0.4, -0.2) is 27.8 Å². The van der Waals surface area contributed by atoms with Gasteiger partial charge in [-0.25, -0.2) is 4.98 Å². The second-order valence-corrected chi connectivity index (χ2v) is 7.55. The number of aliphatic hydroxyl groups excluding tert-OH is 1. The molecule has 0 bridgehead atoms. The molecule has 1 aromatic carbocycles. The first-order chi connectivity index (χ1) is 12.7. The Kier molecular flexibility index (Phi) is 9.13. The van der Waals surface area contributed by atoms with Gasteiger partial charge in [-0.2, -0.15) is 0 Å². The van der Waals surface area contributed by atoms with Crippen molar-refractivity contribution in [3.05, 3.63) is 29.1 Å². The predicted molar refractivity (Wildman–Crippen MR) is 111 cm³/mol. The van der Waals surface area contributed by atoms with Crippen molar-refractivity contribution < 1.29 is 5.11 Å². The summed E-state index contributed by atoms with van der Waals surface area (Å²) in [6, 6.07) is 4.45. The lowest BCUT2D eigenvalue weighted by atomic mass is 10.1. The van der Waals surface area contributed by atoms with Gasteiger partial charge >= 0.3 is 0 Å². The van der Waals surface area contributed by atoms with Gasteiger partial charge in [0.1, 0.15) is 5.82 Å². The van der Waals surface area contributed by atoms with Gasteiger partial charge in [-0.1, -0.05) is 38.5 Å². The van der Waals surface area contributed by atoms with Gasteiger partial charge < -0.3 is 15.4 Å². The van der Waals surface area contributed by atoms with Crippen LogP contribution in [0.3, 0.4) is 0 Å². The van der Waals surface area contributed by atoms with Gasteiger partial charge in [0.2, 0.25) is 0 Å². The van der Waals surface area contributed by atoms with Crippen LogP contribution in [0.4, 0.5) is 0 Å². The van der Waals surface area contributed by atoms with Gasteiger partial charge in [-0.3, -0.25) is 0 Å². The Labute approximate surface area is 158 Å². The highest BCUT2D eigenvalue weighted by Crippen LogP contribution is 2.22. The van der Waals surface area contributed by atoms with Crippen LogP contribution in [0.5, 0.6) is 0 Å². The highest BCUT2D eigenvalue weighted by atomic mass is 16.3. The van der Waals surface area contributed by atoms with Crippen LogP contribution in [0.2, 0.25) is 0 Å². The van der Waals surface area contributed by atoms with E-state index < -0.39 is 0 Å².